The number of esters is 2. The number of hydrogen-bond donors (Lipinski definition) is 0. The van der Waals surface area contributed by atoms with Crippen LogP contribution in [0.2, 0.25) is 0 Å². The Kier molecular flexibility index (Phi) is 35.5. The Balaban J connectivity index is 4.25. The van der Waals surface area contributed by atoms with Crippen molar-refractivity contribution in [2.75, 3.05) is 41.0 Å². The van der Waals surface area contributed by atoms with E-state index < -0.39 is 18.1 Å². The number of carboxylic acid groups (broad SMARTS) is 1. The minimum Gasteiger partial charge on any atom is -0.544 e. The third-order valence-electron chi connectivity index (χ3n) is 9.09. The first-order valence-corrected chi connectivity index (χ1v) is 21.5. The van der Waals surface area contributed by atoms with Crippen LogP contribution in [-0.4, -0.2) is 75.5 Å². The number of carboxylic acids is 1. The van der Waals surface area contributed by atoms with Crippen LogP contribution in [0.3, 0.4) is 0 Å². The van der Waals surface area contributed by atoms with E-state index in [1.54, 1.807) is 21.1 Å². The number of nitrogens with zero attached hydrogens (tertiary/aromatic N) is 1. The third kappa shape index (κ3) is 36.2. The van der Waals surface area contributed by atoms with Gasteiger partial charge in [-0.15, -0.1) is 0 Å². The van der Waals surface area contributed by atoms with Gasteiger partial charge >= 0.3 is 11.9 Å². The molecule has 0 radical (unpaired) electrons. The van der Waals surface area contributed by atoms with Gasteiger partial charge in [0, 0.05) is 19.3 Å². The fourth-order valence-electron chi connectivity index (χ4n) is 5.76. The molecule has 0 aromatic carbocycles. The zero-order valence-corrected chi connectivity index (χ0v) is 35.6. The molecule has 0 aliphatic heterocycles. The summed E-state index contributed by atoms with van der Waals surface area (Å²) in [5, 5.41) is 11.6. The van der Waals surface area contributed by atoms with Crippen LogP contribution in [0.15, 0.2) is 72.9 Å². The Labute approximate surface area is 336 Å². The predicted octanol–water partition coefficient (Wildman–Crippen LogP) is 10.2. The molecule has 0 bridgehead atoms. The summed E-state index contributed by atoms with van der Waals surface area (Å²) in [4.78, 5) is 36.6. The Morgan fingerprint density at radius 3 is 1.60 bits per heavy atom. The minimum atomic E-state index is -1.14. The van der Waals surface area contributed by atoms with Crippen LogP contribution in [0.1, 0.15) is 155 Å². The topological polar surface area (TPSA) is 102 Å². The van der Waals surface area contributed by atoms with Gasteiger partial charge < -0.3 is 28.6 Å². The molecule has 0 saturated heterocycles. The summed E-state index contributed by atoms with van der Waals surface area (Å²) in [6.07, 6.45) is 46.7. The molecule has 0 fully saturated rings. The Morgan fingerprint density at radius 1 is 0.564 bits per heavy atom. The van der Waals surface area contributed by atoms with E-state index in [1.165, 1.54) is 38.5 Å². The van der Waals surface area contributed by atoms with E-state index in [0.717, 1.165) is 77.0 Å². The standard InChI is InChI=1S/C47H79NO7/c1-6-8-10-12-14-16-17-18-19-20-21-22-23-24-25-26-27-28-29-30-32-33-35-37-45(49)54-42-43(41-53-40-39-44(47(51)52)48(3,4)5)55-46(50)38-36-34-31-15-13-11-9-7-2/h8,10,14,16,18-19,21-22,24-25,31,34,43-44H,6-7,9,11-13,15,17,20,23,26-30,32-33,35-42H2,1-5H3/b10-8+,16-14+,19-18+,22-21+,25-24+,34-31+. The van der Waals surface area contributed by atoms with Crippen molar-refractivity contribution in [2.45, 2.75) is 167 Å². The minimum absolute atomic E-state index is 0.0181. The maximum atomic E-state index is 12.6. The summed E-state index contributed by atoms with van der Waals surface area (Å²) in [6, 6.07) is -0.734. The highest BCUT2D eigenvalue weighted by molar-refractivity contribution is 5.70. The number of allylic oxidation sites excluding steroid dienone is 12. The summed E-state index contributed by atoms with van der Waals surface area (Å²) >= 11 is 0. The van der Waals surface area contributed by atoms with Crippen molar-refractivity contribution in [2.24, 2.45) is 0 Å². The number of carbonyl (C=O) groups excluding carboxylic acids is 3. The summed E-state index contributed by atoms with van der Waals surface area (Å²) in [6.45, 7) is 4.43. The van der Waals surface area contributed by atoms with Gasteiger partial charge in [-0.3, -0.25) is 9.59 Å². The third-order valence-corrected chi connectivity index (χ3v) is 9.09. The summed E-state index contributed by atoms with van der Waals surface area (Å²) in [7, 11) is 5.37. The molecular formula is C47H79NO7. The summed E-state index contributed by atoms with van der Waals surface area (Å²) in [5.74, 6) is -1.83. The van der Waals surface area contributed by atoms with Crippen LogP contribution in [-0.2, 0) is 28.6 Å². The highest BCUT2D eigenvalue weighted by atomic mass is 16.6. The number of carbonyl (C=O) groups is 3. The molecule has 0 spiro atoms. The van der Waals surface area contributed by atoms with E-state index >= 15 is 0 Å². The van der Waals surface area contributed by atoms with Crippen LogP contribution in [0.4, 0.5) is 0 Å². The second-order valence-corrected chi connectivity index (χ2v) is 15.2. The van der Waals surface area contributed by atoms with Crippen LogP contribution in [0.5, 0.6) is 0 Å². The van der Waals surface area contributed by atoms with Crippen LogP contribution in [0, 0.1) is 0 Å². The number of likely N-dealkylation sites (N-methyl/N-ethyl adjacent to an activating group) is 1. The van der Waals surface area contributed by atoms with Crippen molar-refractivity contribution in [1.82, 2.24) is 0 Å². The lowest BCUT2D eigenvalue weighted by Crippen LogP contribution is -2.55. The largest absolute Gasteiger partial charge is 0.544 e. The van der Waals surface area contributed by atoms with Crippen molar-refractivity contribution in [1.29, 1.82) is 0 Å². The van der Waals surface area contributed by atoms with Crippen LogP contribution in [0.25, 0.3) is 0 Å². The molecular weight excluding hydrogens is 691 g/mol. The van der Waals surface area contributed by atoms with Gasteiger partial charge in [0.25, 0.3) is 0 Å². The first-order valence-electron chi connectivity index (χ1n) is 21.5. The van der Waals surface area contributed by atoms with E-state index in [0.29, 0.717) is 12.8 Å². The molecule has 0 N–H and O–H groups in total. The summed E-state index contributed by atoms with van der Waals surface area (Å²) < 4.78 is 17.0. The first-order chi connectivity index (χ1) is 26.6. The maximum absolute atomic E-state index is 12.6. The number of aliphatic carboxylic acids is 1. The first kappa shape index (κ1) is 51.8. The molecule has 8 heteroatoms. The lowest BCUT2D eigenvalue weighted by Gasteiger charge is -2.34. The second-order valence-electron chi connectivity index (χ2n) is 15.2. The molecule has 0 rings (SSSR count). The van der Waals surface area contributed by atoms with Gasteiger partial charge in [-0.2, -0.15) is 0 Å². The number of rotatable bonds is 37. The van der Waals surface area contributed by atoms with Crippen molar-refractivity contribution < 1.29 is 38.2 Å². The van der Waals surface area contributed by atoms with E-state index in [4.69, 9.17) is 14.2 Å². The van der Waals surface area contributed by atoms with Gasteiger partial charge in [-0.05, 0) is 70.6 Å². The summed E-state index contributed by atoms with van der Waals surface area (Å²) in [5.41, 5.74) is 0. The molecule has 0 aliphatic carbocycles. The molecule has 8 nitrogen and oxygen atoms in total. The quantitative estimate of drug-likeness (QED) is 0.0268. The molecule has 55 heavy (non-hydrogen) atoms. The lowest BCUT2D eigenvalue weighted by atomic mass is 10.1. The predicted molar refractivity (Wildman–Crippen MR) is 226 cm³/mol. The average Bonchev–Trinajstić information content (AvgIpc) is 3.14. The highest BCUT2D eigenvalue weighted by Gasteiger charge is 2.25. The second kappa shape index (κ2) is 37.7. The Bertz CT molecular complexity index is 1130. The van der Waals surface area contributed by atoms with Crippen LogP contribution >= 0.6 is 0 Å². The van der Waals surface area contributed by atoms with E-state index in [9.17, 15) is 19.5 Å². The van der Waals surface area contributed by atoms with Gasteiger partial charge in [0.05, 0.1) is 40.3 Å². The van der Waals surface area contributed by atoms with Crippen molar-refractivity contribution in [3.63, 3.8) is 0 Å². The number of hydrogen-bond acceptors (Lipinski definition) is 7. The molecule has 0 saturated carbocycles. The molecule has 0 amide bonds. The average molecular weight is 770 g/mol. The van der Waals surface area contributed by atoms with Crippen molar-refractivity contribution in [3.05, 3.63) is 72.9 Å². The molecule has 0 aromatic rings. The fourth-order valence-corrected chi connectivity index (χ4v) is 5.76. The van der Waals surface area contributed by atoms with Gasteiger partial charge in [0.1, 0.15) is 12.6 Å². The Hall–Kier alpha value is -3.23. The zero-order chi connectivity index (χ0) is 40.7. The number of quaternary nitrogens is 1. The van der Waals surface area contributed by atoms with E-state index in [2.05, 4.69) is 80.7 Å². The highest BCUT2D eigenvalue weighted by Crippen LogP contribution is 2.12. The fraction of sp³-hybridized carbons (Fsp3) is 0.681. The van der Waals surface area contributed by atoms with Gasteiger partial charge in [-0.25, -0.2) is 0 Å². The van der Waals surface area contributed by atoms with Crippen molar-refractivity contribution >= 4 is 17.9 Å². The monoisotopic (exact) mass is 770 g/mol. The Morgan fingerprint density at radius 2 is 1.05 bits per heavy atom. The van der Waals surface area contributed by atoms with Gasteiger partial charge in [0.15, 0.2) is 6.10 Å². The van der Waals surface area contributed by atoms with Crippen molar-refractivity contribution in [3.8, 4) is 0 Å². The molecule has 0 heterocycles. The van der Waals surface area contributed by atoms with Gasteiger partial charge in [0.2, 0.25) is 0 Å². The molecule has 2 unspecified atom stereocenters. The smallest absolute Gasteiger partial charge is 0.306 e. The number of unbranched alkanes of at least 4 members (excludes halogenated alkanes) is 11. The maximum Gasteiger partial charge on any atom is 0.306 e. The van der Waals surface area contributed by atoms with Gasteiger partial charge in [-0.1, -0.05) is 138 Å². The SMILES string of the molecule is CC/C=C/C/C=C/C/C=C/C/C=C/C/C=C/CCCCCCCCCC(=O)OCC(COCCC(C(=O)[O-])[N+](C)(C)C)OC(=O)CC/C=C/CCCCCC. The lowest BCUT2D eigenvalue weighted by molar-refractivity contribution is -0.889. The zero-order valence-electron chi connectivity index (χ0n) is 35.6. The number of ether oxygens (including phenoxy) is 3. The normalized spacial score (nSPS) is 13.7. The molecule has 0 aromatic heterocycles. The van der Waals surface area contributed by atoms with E-state index in [-0.39, 0.29) is 49.1 Å². The molecule has 0 aliphatic rings. The molecule has 2 atom stereocenters. The van der Waals surface area contributed by atoms with Crippen LogP contribution < -0.4 is 5.11 Å². The van der Waals surface area contributed by atoms with E-state index in [1.807, 2.05) is 6.08 Å². The molecule has 314 valence electrons.